The Morgan fingerprint density at radius 1 is 1.13 bits per heavy atom. The van der Waals surface area contributed by atoms with E-state index in [0.717, 1.165) is 32.1 Å². The second-order valence-electron chi connectivity index (χ2n) is 4.67. The lowest BCUT2D eigenvalue weighted by Crippen LogP contribution is -2.35. The highest BCUT2D eigenvalue weighted by Crippen LogP contribution is 2.03. The van der Waals surface area contributed by atoms with Crippen LogP contribution in [0.15, 0.2) is 0 Å². The fourth-order valence-corrected chi connectivity index (χ4v) is 1.38. The van der Waals surface area contributed by atoms with Crippen molar-refractivity contribution in [2.45, 2.75) is 40.2 Å². The van der Waals surface area contributed by atoms with Crippen molar-refractivity contribution < 1.29 is 4.74 Å². The van der Waals surface area contributed by atoms with Crippen LogP contribution in [0, 0.1) is 11.8 Å². The summed E-state index contributed by atoms with van der Waals surface area (Å²) in [4.78, 5) is 0. The molecule has 0 saturated carbocycles. The van der Waals surface area contributed by atoms with Gasteiger partial charge >= 0.3 is 0 Å². The molecule has 2 nitrogen and oxygen atoms in total. The molecule has 15 heavy (non-hydrogen) atoms. The molecule has 3 heteroatoms. The zero-order valence-electron chi connectivity index (χ0n) is 10.6. The van der Waals surface area contributed by atoms with Crippen LogP contribution in [0.1, 0.15) is 34.1 Å². The monoisotopic (exact) mass is 235 g/mol. The molecule has 2 atom stereocenters. The molecule has 0 aliphatic carbocycles. The van der Waals surface area contributed by atoms with Crippen LogP contribution >= 0.6 is 11.6 Å². The Kier molecular flexibility index (Phi) is 9.57. The molecular formula is C12H26ClNO. The van der Waals surface area contributed by atoms with Gasteiger partial charge in [-0.15, -0.1) is 11.6 Å². The molecule has 0 spiro atoms. The number of ether oxygens (including phenoxy) is 1. The fraction of sp³-hybridized carbons (Fsp3) is 1.00. The van der Waals surface area contributed by atoms with Crippen LogP contribution in [-0.4, -0.2) is 31.7 Å². The first kappa shape index (κ1) is 15.2. The summed E-state index contributed by atoms with van der Waals surface area (Å²) in [6.07, 6.45) is 1.15. The molecule has 0 radical (unpaired) electrons. The lowest BCUT2D eigenvalue weighted by atomic mass is 10.1. The van der Waals surface area contributed by atoms with E-state index in [-0.39, 0.29) is 0 Å². The maximum Gasteiger partial charge on any atom is 0.0591 e. The molecular weight excluding hydrogens is 210 g/mol. The Balaban J connectivity index is 3.23. The topological polar surface area (TPSA) is 21.3 Å². The van der Waals surface area contributed by atoms with E-state index in [1.54, 1.807) is 0 Å². The molecule has 0 aromatic heterocycles. The Bertz CT molecular complexity index is 142. The molecule has 0 rings (SSSR count). The zero-order valence-corrected chi connectivity index (χ0v) is 11.3. The predicted molar refractivity (Wildman–Crippen MR) is 67.6 cm³/mol. The minimum atomic E-state index is 0.469. The smallest absolute Gasteiger partial charge is 0.0591 e. The van der Waals surface area contributed by atoms with Crippen molar-refractivity contribution in [3.8, 4) is 0 Å². The first-order valence-corrected chi connectivity index (χ1v) is 6.48. The molecule has 0 aromatic carbocycles. The van der Waals surface area contributed by atoms with Gasteiger partial charge in [-0.25, -0.2) is 0 Å². The molecule has 0 aromatic rings. The average Bonchev–Trinajstić information content (AvgIpc) is 2.21. The minimum Gasteiger partial charge on any atom is -0.380 e. The highest BCUT2D eigenvalue weighted by Gasteiger charge is 2.09. The lowest BCUT2D eigenvalue weighted by molar-refractivity contribution is 0.122. The highest BCUT2D eigenvalue weighted by molar-refractivity contribution is 6.18. The van der Waals surface area contributed by atoms with Crippen molar-refractivity contribution in [2.75, 3.05) is 25.6 Å². The molecule has 0 aliphatic rings. The van der Waals surface area contributed by atoms with Gasteiger partial charge in [-0.2, -0.15) is 0 Å². The second kappa shape index (κ2) is 9.44. The maximum absolute atomic E-state index is 5.77. The maximum atomic E-state index is 5.77. The van der Waals surface area contributed by atoms with Crippen molar-refractivity contribution in [1.82, 2.24) is 5.32 Å². The summed E-state index contributed by atoms with van der Waals surface area (Å²) >= 11 is 5.77. The number of hydrogen-bond acceptors (Lipinski definition) is 2. The van der Waals surface area contributed by atoms with Gasteiger partial charge in [0.25, 0.3) is 0 Å². The molecule has 92 valence electrons. The van der Waals surface area contributed by atoms with Gasteiger partial charge in [0.05, 0.1) is 6.61 Å². The lowest BCUT2D eigenvalue weighted by Gasteiger charge is -2.19. The fourth-order valence-electron chi connectivity index (χ4n) is 1.11. The molecule has 0 saturated heterocycles. The van der Waals surface area contributed by atoms with Crippen LogP contribution in [0.3, 0.4) is 0 Å². The van der Waals surface area contributed by atoms with Gasteiger partial charge in [0.2, 0.25) is 0 Å². The summed E-state index contributed by atoms with van der Waals surface area (Å²) in [5.74, 6) is 1.96. The third kappa shape index (κ3) is 9.16. The van der Waals surface area contributed by atoms with Crippen LogP contribution in [0.2, 0.25) is 0 Å². The molecule has 0 heterocycles. The van der Waals surface area contributed by atoms with E-state index in [1.807, 2.05) is 0 Å². The quantitative estimate of drug-likeness (QED) is 0.490. The van der Waals surface area contributed by atoms with Crippen molar-refractivity contribution in [1.29, 1.82) is 0 Å². The summed E-state index contributed by atoms with van der Waals surface area (Å²) in [5.41, 5.74) is 0. The van der Waals surface area contributed by atoms with Gasteiger partial charge in [0, 0.05) is 25.1 Å². The summed E-state index contributed by atoms with van der Waals surface area (Å²) < 4.78 is 5.51. The molecule has 0 amide bonds. The third-order valence-electron chi connectivity index (χ3n) is 2.65. The van der Waals surface area contributed by atoms with Crippen LogP contribution in [0.4, 0.5) is 0 Å². The molecule has 0 fully saturated rings. The van der Waals surface area contributed by atoms with E-state index >= 15 is 0 Å². The third-order valence-corrected chi connectivity index (χ3v) is 3.14. The largest absolute Gasteiger partial charge is 0.380 e. The summed E-state index contributed by atoms with van der Waals surface area (Å²) in [7, 11) is 0. The van der Waals surface area contributed by atoms with Gasteiger partial charge in [0.15, 0.2) is 0 Å². The van der Waals surface area contributed by atoms with E-state index in [0.29, 0.717) is 17.8 Å². The van der Waals surface area contributed by atoms with Crippen molar-refractivity contribution in [2.24, 2.45) is 11.8 Å². The molecule has 0 aliphatic heterocycles. The van der Waals surface area contributed by atoms with Gasteiger partial charge < -0.3 is 10.1 Å². The van der Waals surface area contributed by atoms with E-state index in [9.17, 15) is 0 Å². The number of hydrogen-bond donors (Lipinski definition) is 1. The van der Waals surface area contributed by atoms with Crippen LogP contribution < -0.4 is 5.32 Å². The average molecular weight is 236 g/mol. The number of rotatable bonds is 9. The van der Waals surface area contributed by atoms with Crippen LogP contribution in [0.25, 0.3) is 0 Å². The molecule has 2 unspecified atom stereocenters. The van der Waals surface area contributed by atoms with Gasteiger partial charge in [-0.1, -0.05) is 20.8 Å². The Labute approximate surface area is 99.7 Å². The van der Waals surface area contributed by atoms with Crippen molar-refractivity contribution in [3.63, 3.8) is 0 Å². The van der Waals surface area contributed by atoms with E-state index < -0.39 is 0 Å². The number of halogens is 1. The number of alkyl halides is 1. The van der Waals surface area contributed by atoms with Gasteiger partial charge in [0.1, 0.15) is 0 Å². The van der Waals surface area contributed by atoms with E-state index in [2.05, 4.69) is 33.0 Å². The highest BCUT2D eigenvalue weighted by atomic mass is 35.5. The van der Waals surface area contributed by atoms with Crippen molar-refractivity contribution in [3.05, 3.63) is 0 Å². The Morgan fingerprint density at radius 2 is 1.80 bits per heavy atom. The van der Waals surface area contributed by atoms with E-state index in [1.165, 1.54) is 0 Å². The van der Waals surface area contributed by atoms with Crippen molar-refractivity contribution >= 4 is 11.6 Å². The SMILES string of the molecule is CC(C)CCOCCNC(C)C(C)CCl. The van der Waals surface area contributed by atoms with E-state index in [4.69, 9.17) is 16.3 Å². The summed E-state index contributed by atoms with van der Waals surface area (Å²) in [6, 6.07) is 0.469. The second-order valence-corrected chi connectivity index (χ2v) is 4.98. The summed E-state index contributed by atoms with van der Waals surface area (Å²) in [6.45, 7) is 11.3. The van der Waals surface area contributed by atoms with Gasteiger partial charge in [-0.05, 0) is 25.2 Å². The summed E-state index contributed by atoms with van der Waals surface area (Å²) in [5, 5.41) is 3.41. The first-order chi connectivity index (χ1) is 7.07. The van der Waals surface area contributed by atoms with Gasteiger partial charge in [-0.3, -0.25) is 0 Å². The normalized spacial score (nSPS) is 15.6. The van der Waals surface area contributed by atoms with Crippen LogP contribution in [-0.2, 0) is 4.74 Å². The molecule has 0 bridgehead atoms. The minimum absolute atomic E-state index is 0.469. The number of nitrogens with one attached hydrogen (secondary N) is 1. The predicted octanol–water partition coefficient (Wildman–Crippen LogP) is 2.90. The first-order valence-electron chi connectivity index (χ1n) is 5.95. The van der Waals surface area contributed by atoms with Crippen LogP contribution in [0.5, 0.6) is 0 Å². The zero-order chi connectivity index (χ0) is 11.7. The Morgan fingerprint density at radius 3 is 2.33 bits per heavy atom. The standard InChI is InChI=1S/C12H26ClNO/c1-10(2)5-7-15-8-6-14-12(4)11(3)9-13/h10-12,14H,5-9H2,1-4H3. The Hall–Kier alpha value is 0.210. The molecule has 1 N–H and O–H groups in total.